The van der Waals surface area contributed by atoms with Crippen LogP contribution in [0.15, 0.2) is 48.5 Å². The second kappa shape index (κ2) is 6.35. The number of anilines is 1. The van der Waals surface area contributed by atoms with E-state index in [-0.39, 0.29) is 5.91 Å². The highest BCUT2D eigenvalue weighted by atomic mass is 16.1. The fourth-order valence-electron chi connectivity index (χ4n) is 1.93. The van der Waals surface area contributed by atoms with Crippen molar-refractivity contribution in [3.63, 3.8) is 0 Å². The summed E-state index contributed by atoms with van der Waals surface area (Å²) in [7, 11) is 1.93. The van der Waals surface area contributed by atoms with Gasteiger partial charge in [-0.25, -0.2) is 0 Å². The van der Waals surface area contributed by atoms with Gasteiger partial charge in [0.2, 0.25) is 0 Å². The Morgan fingerprint density at radius 3 is 2.15 bits per heavy atom. The third kappa shape index (κ3) is 3.45. The first-order valence-electron chi connectivity index (χ1n) is 6.75. The molecule has 0 aromatic heterocycles. The molecule has 0 aliphatic rings. The molecule has 1 unspecified atom stereocenters. The third-order valence-corrected chi connectivity index (χ3v) is 3.42. The summed E-state index contributed by atoms with van der Waals surface area (Å²) in [6.07, 6.45) is 0. The van der Waals surface area contributed by atoms with Gasteiger partial charge < -0.3 is 10.6 Å². The van der Waals surface area contributed by atoms with Crippen molar-refractivity contribution in [3.05, 3.63) is 65.2 Å². The van der Waals surface area contributed by atoms with Gasteiger partial charge in [-0.15, -0.1) is 0 Å². The summed E-state index contributed by atoms with van der Waals surface area (Å²) in [5.74, 6) is -0.0839. The number of rotatable bonds is 4. The molecule has 0 radical (unpaired) electrons. The number of amides is 1. The number of aryl methyl sites for hydroxylation is 1. The van der Waals surface area contributed by atoms with Crippen molar-refractivity contribution >= 4 is 11.6 Å². The topological polar surface area (TPSA) is 41.1 Å². The van der Waals surface area contributed by atoms with Crippen molar-refractivity contribution in [2.24, 2.45) is 0 Å². The summed E-state index contributed by atoms with van der Waals surface area (Å²) in [6.45, 7) is 4.10. The molecule has 1 atom stereocenters. The molecule has 0 heterocycles. The zero-order chi connectivity index (χ0) is 14.5. The van der Waals surface area contributed by atoms with E-state index in [1.807, 2.05) is 62.5 Å². The second-order valence-corrected chi connectivity index (χ2v) is 4.95. The van der Waals surface area contributed by atoms with Gasteiger partial charge in [0.1, 0.15) is 0 Å². The molecule has 3 nitrogen and oxygen atoms in total. The minimum absolute atomic E-state index is 0.0839. The van der Waals surface area contributed by atoms with Crippen LogP contribution < -0.4 is 10.6 Å². The van der Waals surface area contributed by atoms with Crippen LogP contribution in [0.4, 0.5) is 5.69 Å². The lowest BCUT2D eigenvalue weighted by molar-refractivity contribution is 0.102. The summed E-state index contributed by atoms with van der Waals surface area (Å²) >= 11 is 0. The Kier molecular flexibility index (Phi) is 4.53. The Labute approximate surface area is 120 Å². The van der Waals surface area contributed by atoms with Gasteiger partial charge in [-0.05, 0) is 50.7 Å². The lowest BCUT2D eigenvalue weighted by Crippen LogP contribution is -2.13. The summed E-state index contributed by atoms with van der Waals surface area (Å²) < 4.78 is 0. The summed E-state index contributed by atoms with van der Waals surface area (Å²) in [5, 5.41) is 6.09. The summed E-state index contributed by atoms with van der Waals surface area (Å²) in [6, 6.07) is 15.7. The van der Waals surface area contributed by atoms with Gasteiger partial charge in [-0.3, -0.25) is 4.79 Å². The Morgan fingerprint density at radius 2 is 1.60 bits per heavy atom. The quantitative estimate of drug-likeness (QED) is 0.890. The van der Waals surface area contributed by atoms with Gasteiger partial charge in [-0.2, -0.15) is 0 Å². The highest BCUT2D eigenvalue weighted by Gasteiger charge is 2.06. The van der Waals surface area contributed by atoms with Crippen LogP contribution in [0.1, 0.15) is 34.5 Å². The fourth-order valence-corrected chi connectivity index (χ4v) is 1.93. The molecule has 3 heteroatoms. The van der Waals surface area contributed by atoms with E-state index in [1.54, 1.807) is 0 Å². The molecule has 104 valence electrons. The molecular formula is C17H20N2O. The minimum Gasteiger partial charge on any atom is -0.322 e. The Morgan fingerprint density at radius 1 is 1.00 bits per heavy atom. The first-order valence-corrected chi connectivity index (χ1v) is 6.75. The van der Waals surface area contributed by atoms with Crippen LogP contribution in [-0.2, 0) is 0 Å². The Balaban J connectivity index is 2.06. The van der Waals surface area contributed by atoms with Gasteiger partial charge in [0.15, 0.2) is 0 Å². The average molecular weight is 268 g/mol. The minimum atomic E-state index is -0.0839. The molecule has 0 aliphatic carbocycles. The van der Waals surface area contributed by atoms with E-state index in [1.165, 1.54) is 5.56 Å². The van der Waals surface area contributed by atoms with Crippen LogP contribution in [0.25, 0.3) is 0 Å². The van der Waals surface area contributed by atoms with Crippen molar-refractivity contribution in [2.45, 2.75) is 19.9 Å². The van der Waals surface area contributed by atoms with Gasteiger partial charge in [0.05, 0.1) is 0 Å². The Hall–Kier alpha value is -2.13. The zero-order valence-corrected chi connectivity index (χ0v) is 12.1. The van der Waals surface area contributed by atoms with E-state index in [9.17, 15) is 4.79 Å². The van der Waals surface area contributed by atoms with Crippen LogP contribution in [0.5, 0.6) is 0 Å². The SMILES string of the molecule is CNC(C)c1ccc(NC(=O)c2ccc(C)cc2)cc1. The van der Waals surface area contributed by atoms with Crippen molar-refractivity contribution in [2.75, 3.05) is 12.4 Å². The molecule has 0 fully saturated rings. The molecule has 0 aliphatic heterocycles. The van der Waals surface area contributed by atoms with Crippen LogP contribution in [0, 0.1) is 6.92 Å². The molecule has 0 saturated heterocycles. The molecule has 2 aromatic carbocycles. The maximum absolute atomic E-state index is 12.1. The number of carbonyl (C=O) groups is 1. The average Bonchev–Trinajstić information content (AvgIpc) is 2.48. The second-order valence-electron chi connectivity index (χ2n) is 4.95. The molecule has 2 aromatic rings. The fraction of sp³-hybridized carbons (Fsp3) is 0.235. The first-order chi connectivity index (χ1) is 9.60. The van der Waals surface area contributed by atoms with Crippen molar-refractivity contribution in [1.29, 1.82) is 0 Å². The van der Waals surface area contributed by atoms with Crippen LogP contribution in [0.2, 0.25) is 0 Å². The van der Waals surface area contributed by atoms with Gasteiger partial charge >= 0.3 is 0 Å². The van der Waals surface area contributed by atoms with E-state index >= 15 is 0 Å². The van der Waals surface area contributed by atoms with Crippen molar-refractivity contribution < 1.29 is 4.79 Å². The number of benzene rings is 2. The highest BCUT2D eigenvalue weighted by Crippen LogP contribution is 2.16. The summed E-state index contributed by atoms with van der Waals surface area (Å²) in [5.41, 5.74) is 3.82. The lowest BCUT2D eigenvalue weighted by atomic mass is 10.1. The predicted octanol–water partition coefficient (Wildman–Crippen LogP) is 3.53. The molecule has 20 heavy (non-hydrogen) atoms. The van der Waals surface area contributed by atoms with E-state index < -0.39 is 0 Å². The van der Waals surface area contributed by atoms with Crippen LogP contribution in [0.3, 0.4) is 0 Å². The third-order valence-electron chi connectivity index (χ3n) is 3.42. The molecule has 2 N–H and O–H groups in total. The number of nitrogens with one attached hydrogen (secondary N) is 2. The lowest BCUT2D eigenvalue weighted by Gasteiger charge is -2.11. The maximum Gasteiger partial charge on any atom is 0.255 e. The largest absolute Gasteiger partial charge is 0.322 e. The zero-order valence-electron chi connectivity index (χ0n) is 12.1. The molecule has 0 bridgehead atoms. The Bertz CT molecular complexity index is 573. The van der Waals surface area contributed by atoms with E-state index in [0.717, 1.165) is 11.3 Å². The standard InChI is InChI=1S/C17H20N2O/c1-12-4-6-15(7-5-12)17(20)19-16-10-8-14(9-11-16)13(2)18-3/h4-11,13,18H,1-3H3,(H,19,20). The van der Waals surface area contributed by atoms with E-state index in [2.05, 4.69) is 17.6 Å². The monoisotopic (exact) mass is 268 g/mol. The van der Waals surface area contributed by atoms with Gasteiger partial charge in [0.25, 0.3) is 5.91 Å². The predicted molar refractivity (Wildman–Crippen MR) is 83.0 cm³/mol. The van der Waals surface area contributed by atoms with E-state index in [0.29, 0.717) is 11.6 Å². The number of hydrogen-bond donors (Lipinski definition) is 2. The van der Waals surface area contributed by atoms with Crippen molar-refractivity contribution in [3.8, 4) is 0 Å². The van der Waals surface area contributed by atoms with Gasteiger partial charge in [-0.1, -0.05) is 29.8 Å². The van der Waals surface area contributed by atoms with Crippen molar-refractivity contribution in [1.82, 2.24) is 5.32 Å². The molecule has 2 rings (SSSR count). The molecular weight excluding hydrogens is 248 g/mol. The first kappa shape index (κ1) is 14.3. The molecule has 0 saturated carbocycles. The van der Waals surface area contributed by atoms with Gasteiger partial charge in [0, 0.05) is 17.3 Å². The summed E-state index contributed by atoms with van der Waals surface area (Å²) in [4.78, 5) is 12.1. The number of carbonyl (C=O) groups excluding carboxylic acids is 1. The molecule has 1 amide bonds. The smallest absolute Gasteiger partial charge is 0.255 e. The normalized spacial score (nSPS) is 11.9. The highest BCUT2D eigenvalue weighted by molar-refractivity contribution is 6.04. The van der Waals surface area contributed by atoms with E-state index in [4.69, 9.17) is 0 Å². The van der Waals surface area contributed by atoms with Crippen LogP contribution in [-0.4, -0.2) is 13.0 Å². The molecule has 0 spiro atoms. The van der Waals surface area contributed by atoms with Crippen LogP contribution >= 0.6 is 0 Å². The number of hydrogen-bond acceptors (Lipinski definition) is 2. The maximum atomic E-state index is 12.1.